The Morgan fingerprint density at radius 3 is 2.62 bits per heavy atom. The number of nitrogen functional groups attached to an aromatic ring is 1. The lowest BCUT2D eigenvalue weighted by molar-refractivity contribution is -0.143. The Hall–Kier alpha value is -2.04. The number of amides is 1. The summed E-state index contributed by atoms with van der Waals surface area (Å²) in [5.74, 6) is -1.08. The van der Waals surface area contributed by atoms with Gasteiger partial charge in [-0.25, -0.2) is 0 Å². The van der Waals surface area contributed by atoms with Crippen LogP contribution in [-0.4, -0.2) is 23.0 Å². The van der Waals surface area contributed by atoms with Gasteiger partial charge in [0.2, 0.25) is 5.91 Å². The van der Waals surface area contributed by atoms with Crippen LogP contribution in [0.15, 0.2) is 24.3 Å². The fourth-order valence-corrected chi connectivity index (χ4v) is 2.79. The van der Waals surface area contributed by atoms with Crippen molar-refractivity contribution >= 4 is 17.6 Å². The van der Waals surface area contributed by atoms with Crippen molar-refractivity contribution in [1.82, 2.24) is 5.32 Å². The minimum absolute atomic E-state index is 0.00114. The summed E-state index contributed by atoms with van der Waals surface area (Å²) >= 11 is 0. The van der Waals surface area contributed by atoms with E-state index in [0.717, 1.165) is 18.4 Å². The van der Waals surface area contributed by atoms with E-state index in [1.165, 1.54) is 0 Å². The van der Waals surface area contributed by atoms with Gasteiger partial charge in [0.05, 0.1) is 5.92 Å². The van der Waals surface area contributed by atoms with Crippen LogP contribution in [-0.2, 0) is 16.0 Å². The number of nitrogens with two attached hydrogens (primary N) is 1. The number of carbonyl (C=O) groups is 2. The van der Waals surface area contributed by atoms with E-state index in [2.05, 4.69) is 5.32 Å². The highest BCUT2D eigenvalue weighted by molar-refractivity contribution is 5.77. The van der Waals surface area contributed by atoms with Gasteiger partial charge >= 0.3 is 5.97 Å². The Bertz CT molecular complexity index is 499. The lowest BCUT2D eigenvalue weighted by Gasteiger charge is -2.27. The quantitative estimate of drug-likeness (QED) is 0.723. The van der Waals surface area contributed by atoms with Crippen LogP contribution in [0.5, 0.6) is 0 Å². The molecule has 1 aliphatic carbocycles. The van der Waals surface area contributed by atoms with Gasteiger partial charge in [-0.05, 0) is 43.4 Å². The number of anilines is 1. The number of aryl methyl sites for hydroxylation is 1. The van der Waals surface area contributed by atoms with E-state index in [9.17, 15) is 9.59 Å². The Morgan fingerprint density at radius 1 is 1.24 bits per heavy atom. The highest BCUT2D eigenvalue weighted by Gasteiger charge is 2.27. The zero-order valence-corrected chi connectivity index (χ0v) is 12.0. The molecule has 0 spiro atoms. The van der Waals surface area contributed by atoms with Crippen LogP contribution >= 0.6 is 0 Å². The van der Waals surface area contributed by atoms with Gasteiger partial charge in [0.15, 0.2) is 0 Å². The molecule has 5 nitrogen and oxygen atoms in total. The minimum atomic E-state index is -0.754. The zero-order chi connectivity index (χ0) is 15.2. The second kappa shape index (κ2) is 7.11. The van der Waals surface area contributed by atoms with Crippen molar-refractivity contribution in [1.29, 1.82) is 0 Å². The molecule has 0 aliphatic heterocycles. The maximum absolute atomic E-state index is 11.9. The Balaban J connectivity index is 1.76. The molecule has 0 bridgehead atoms. The molecule has 1 aliphatic rings. The molecule has 4 N–H and O–H groups in total. The summed E-state index contributed by atoms with van der Waals surface area (Å²) in [6.07, 6.45) is 4.08. The molecule has 2 rings (SSSR count). The average molecular weight is 290 g/mol. The molecule has 1 fully saturated rings. The van der Waals surface area contributed by atoms with E-state index in [1.807, 2.05) is 24.3 Å². The molecule has 1 aromatic rings. The van der Waals surface area contributed by atoms with E-state index in [0.29, 0.717) is 31.4 Å². The first-order valence-electron chi connectivity index (χ1n) is 7.41. The molecule has 2 atom stereocenters. The van der Waals surface area contributed by atoms with Crippen LogP contribution in [0.3, 0.4) is 0 Å². The Morgan fingerprint density at radius 2 is 1.95 bits per heavy atom. The number of aliphatic carboxylic acids is 1. The van der Waals surface area contributed by atoms with E-state index in [4.69, 9.17) is 10.8 Å². The largest absolute Gasteiger partial charge is 0.481 e. The number of nitrogens with one attached hydrogen (secondary N) is 1. The van der Waals surface area contributed by atoms with Gasteiger partial charge in [-0.15, -0.1) is 0 Å². The van der Waals surface area contributed by atoms with Crippen molar-refractivity contribution in [3.8, 4) is 0 Å². The fraction of sp³-hybridized carbons (Fsp3) is 0.500. The first kappa shape index (κ1) is 15.4. The average Bonchev–Trinajstić information content (AvgIpc) is 2.47. The predicted octanol–water partition coefficient (Wildman–Crippen LogP) is 1.96. The molecule has 0 radical (unpaired) electrons. The molecule has 1 aromatic carbocycles. The number of hydrogen-bond acceptors (Lipinski definition) is 3. The van der Waals surface area contributed by atoms with Crippen LogP contribution in [0, 0.1) is 5.92 Å². The summed E-state index contributed by atoms with van der Waals surface area (Å²) in [6, 6.07) is 7.49. The number of hydrogen-bond donors (Lipinski definition) is 3. The minimum Gasteiger partial charge on any atom is -0.481 e. The molecular formula is C16H22N2O3. The number of carbonyl (C=O) groups excluding carboxylic acids is 1. The lowest BCUT2D eigenvalue weighted by atomic mass is 9.85. The van der Waals surface area contributed by atoms with E-state index < -0.39 is 5.97 Å². The summed E-state index contributed by atoms with van der Waals surface area (Å²) in [4.78, 5) is 22.9. The van der Waals surface area contributed by atoms with E-state index >= 15 is 0 Å². The normalized spacial score (nSPS) is 21.7. The van der Waals surface area contributed by atoms with Gasteiger partial charge in [0, 0.05) is 18.2 Å². The van der Waals surface area contributed by atoms with E-state index in [1.54, 1.807) is 0 Å². The highest BCUT2D eigenvalue weighted by Crippen LogP contribution is 2.24. The molecule has 1 amide bonds. The van der Waals surface area contributed by atoms with Crippen molar-refractivity contribution in [3.05, 3.63) is 29.8 Å². The SMILES string of the molecule is Nc1ccc(CCC(=O)NC2CCCC(C(=O)O)C2)cc1. The topological polar surface area (TPSA) is 92.4 Å². The molecule has 21 heavy (non-hydrogen) atoms. The van der Waals surface area contributed by atoms with Crippen molar-refractivity contribution in [2.24, 2.45) is 5.92 Å². The third kappa shape index (κ3) is 4.77. The summed E-state index contributed by atoms with van der Waals surface area (Å²) in [5.41, 5.74) is 7.40. The van der Waals surface area contributed by atoms with Gasteiger partial charge in [-0.2, -0.15) is 0 Å². The molecular weight excluding hydrogens is 268 g/mol. The van der Waals surface area contributed by atoms with Crippen molar-refractivity contribution < 1.29 is 14.7 Å². The standard InChI is InChI=1S/C16H22N2O3/c17-13-7-4-11(5-8-13)6-9-15(19)18-14-3-1-2-12(10-14)16(20)21/h4-5,7-8,12,14H,1-3,6,9-10,17H2,(H,18,19)(H,20,21). The molecule has 1 saturated carbocycles. The molecule has 0 heterocycles. The maximum Gasteiger partial charge on any atom is 0.306 e. The van der Waals surface area contributed by atoms with Gasteiger partial charge < -0.3 is 16.2 Å². The molecule has 2 unspecified atom stereocenters. The second-order valence-corrected chi connectivity index (χ2v) is 5.71. The third-order valence-corrected chi connectivity index (χ3v) is 4.01. The smallest absolute Gasteiger partial charge is 0.306 e. The van der Waals surface area contributed by atoms with Gasteiger partial charge in [0.1, 0.15) is 0 Å². The molecule has 5 heteroatoms. The molecule has 0 aromatic heterocycles. The van der Waals surface area contributed by atoms with Crippen LogP contribution in [0.25, 0.3) is 0 Å². The Labute approximate surface area is 124 Å². The molecule has 0 saturated heterocycles. The third-order valence-electron chi connectivity index (χ3n) is 4.01. The van der Waals surface area contributed by atoms with Crippen molar-refractivity contribution in [2.45, 2.75) is 44.6 Å². The number of carboxylic acids is 1. The van der Waals surface area contributed by atoms with Crippen molar-refractivity contribution in [3.63, 3.8) is 0 Å². The van der Waals surface area contributed by atoms with Crippen LogP contribution in [0.2, 0.25) is 0 Å². The van der Waals surface area contributed by atoms with Crippen LogP contribution in [0.4, 0.5) is 5.69 Å². The van der Waals surface area contributed by atoms with E-state index in [-0.39, 0.29) is 17.9 Å². The summed E-state index contributed by atoms with van der Waals surface area (Å²) in [7, 11) is 0. The Kier molecular flexibility index (Phi) is 5.20. The second-order valence-electron chi connectivity index (χ2n) is 5.71. The van der Waals surface area contributed by atoms with Crippen molar-refractivity contribution in [2.75, 3.05) is 5.73 Å². The van der Waals surface area contributed by atoms with Gasteiger partial charge in [0.25, 0.3) is 0 Å². The lowest BCUT2D eigenvalue weighted by Crippen LogP contribution is -2.40. The van der Waals surface area contributed by atoms with Gasteiger partial charge in [-0.1, -0.05) is 18.6 Å². The fourth-order valence-electron chi connectivity index (χ4n) is 2.79. The van der Waals surface area contributed by atoms with Gasteiger partial charge in [-0.3, -0.25) is 9.59 Å². The number of carboxylic acid groups (broad SMARTS) is 1. The molecule has 114 valence electrons. The predicted molar refractivity (Wildman–Crippen MR) is 80.7 cm³/mol. The van der Waals surface area contributed by atoms with Crippen LogP contribution in [0.1, 0.15) is 37.7 Å². The summed E-state index contributed by atoms with van der Waals surface area (Å²) in [6.45, 7) is 0. The summed E-state index contributed by atoms with van der Waals surface area (Å²) < 4.78 is 0. The number of rotatable bonds is 5. The first-order valence-corrected chi connectivity index (χ1v) is 7.41. The highest BCUT2D eigenvalue weighted by atomic mass is 16.4. The zero-order valence-electron chi connectivity index (χ0n) is 12.0. The number of benzene rings is 1. The first-order chi connectivity index (χ1) is 10.0. The monoisotopic (exact) mass is 290 g/mol. The maximum atomic E-state index is 11.9. The van der Waals surface area contributed by atoms with Crippen LogP contribution < -0.4 is 11.1 Å². The summed E-state index contributed by atoms with van der Waals surface area (Å²) in [5, 5.41) is 12.0.